The van der Waals surface area contributed by atoms with Crippen LogP contribution in [-0.2, 0) is 11.4 Å². The highest BCUT2D eigenvalue weighted by Gasteiger charge is 2.35. The number of rotatable bonds is 11. The van der Waals surface area contributed by atoms with Crippen LogP contribution in [0.4, 0.5) is 11.6 Å². The molecule has 1 atom stereocenters. The van der Waals surface area contributed by atoms with Crippen molar-refractivity contribution in [2.75, 3.05) is 23.0 Å². The number of thioether (sulfide) groups is 1. The topological polar surface area (TPSA) is 90.3 Å². The Morgan fingerprint density at radius 3 is 2.51 bits per heavy atom. The zero-order valence-electron chi connectivity index (χ0n) is 24.4. The lowest BCUT2D eigenvalue weighted by Gasteiger charge is -2.29. The molecule has 3 aromatic carbocycles. The third-order valence-electron chi connectivity index (χ3n) is 6.78. The minimum Gasteiger partial charge on any atom is -0.490 e. The number of carbonyl (C=O) groups excluding carboxylic acids is 1. The third kappa shape index (κ3) is 7.12. The zero-order valence-corrected chi connectivity index (χ0v) is 26.7. The van der Waals surface area contributed by atoms with Gasteiger partial charge in [0.05, 0.1) is 22.2 Å². The predicted molar refractivity (Wildman–Crippen MR) is 174 cm³/mol. The maximum atomic E-state index is 13.9. The number of ether oxygens (including phenoxy) is 2. The third-order valence-corrected chi connectivity index (χ3v) is 8.57. The molecule has 0 fully saturated rings. The number of halogens is 2. The molecule has 11 heteroatoms. The van der Waals surface area contributed by atoms with E-state index in [2.05, 4.69) is 17.6 Å². The summed E-state index contributed by atoms with van der Waals surface area (Å²) in [5.74, 6) is 2.35. The van der Waals surface area contributed by atoms with Crippen LogP contribution < -0.4 is 20.1 Å². The summed E-state index contributed by atoms with van der Waals surface area (Å²) >= 11 is 13.8. The van der Waals surface area contributed by atoms with Crippen molar-refractivity contribution in [1.29, 1.82) is 0 Å². The lowest BCUT2D eigenvalue weighted by Crippen LogP contribution is -2.31. The Morgan fingerprint density at radius 1 is 1.00 bits per heavy atom. The van der Waals surface area contributed by atoms with Crippen LogP contribution in [0, 0.1) is 6.92 Å². The SMILES string of the molecule is CCCSc1nc2n(n1)C(c1ccc(OCc3ccc(Cl)c(Cl)c3)c(OCC)c1)C(C(=O)Nc1ccc(C)cc1)=C(C)N2. The molecule has 5 rings (SSSR count). The number of nitrogens with one attached hydrogen (secondary N) is 2. The minimum atomic E-state index is -0.562. The first-order valence-corrected chi connectivity index (χ1v) is 15.8. The Morgan fingerprint density at radius 2 is 1.79 bits per heavy atom. The van der Waals surface area contributed by atoms with Gasteiger partial charge in [0.25, 0.3) is 5.91 Å². The Hall–Kier alpha value is -3.66. The zero-order chi connectivity index (χ0) is 30.5. The van der Waals surface area contributed by atoms with Crippen LogP contribution in [0.5, 0.6) is 11.5 Å². The molecule has 0 saturated heterocycles. The maximum Gasteiger partial charge on any atom is 0.255 e. The van der Waals surface area contributed by atoms with Crippen LogP contribution in [0.2, 0.25) is 10.0 Å². The van der Waals surface area contributed by atoms with Crippen molar-refractivity contribution in [3.05, 3.63) is 98.7 Å². The van der Waals surface area contributed by atoms with E-state index in [1.54, 1.807) is 28.6 Å². The molecule has 1 aliphatic heterocycles. The first-order valence-electron chi connectivity index (χ1n) is 14.1. The van der Waals surface area contributed by atoms with Crippen molar-refractivity contribution in [3.8, 4) is 11.5 Å². The number of hydrogen-bond donors (Lipinski definition) is 2. The van der Waals surface area contributed by atoms with Gasteiger partial charge in [0.1, 0.15) is 12.6 Å². The number of carbonyl (C=O) groups is 1. The van der Waals surface area contributed by atoms with Crippen LogP contribution >= 0.6 is 35.0 Å². The van der Waals surface area contributed by atoms with E-state index in [1.807, 2.05) is 69.3 Å². The van der Waals surface area contributed by atoms with Gasteiger partial charge >= 0.3 is 0 Å². The fourth-order valence-electron chi connectivity index (χ4n) is 4.70. The van der Waals surface area contributed by atoms with Crippen molar-refractivity contribution < 1.29 is 14.3 Å². The number of nitrogens with zero attached hydrogens (tertiary/aromatic N) is 3. The average molecular weight is 639 g/mol. The van der Waals surface area contributed by atoms with E-state index in [1.165, 1.54) is 0 Å². The van der Waals surface area contributed by atoms with Gasteiger partial charge in [-0.1, -0.05) is 71.7 Å². The summed E-state index contributed by atoms with van der Waals surface area (Å²) in [7, 11) is 0. The van der Waals surface area contributed by atoms with E-state index in [-0.39, 0.29) is 12.5 Å². The number of fused-ring (bicyclic) bond motifs is 1. The molecule has 0 aliphatic carbocycles. The molecule has 4 aromatic rings. The fraction of sp³-hybridized carbons (Fsp3) is 0.281. The van der Waals surface area contributed by atoms with E-state index < -0.39 is 6.04 Å². The molecule has 0 spiro atoms. The van der Waals surface area contributed by atoms with Crippen molar-refractivity contribution in [2.45, 2.75) is 51.9 Å². The van der Waals surface area contributed by atoms with Crippen LogP contribution in [-0.4, -0.2) is 33.0 Å². The summed E-state index contributed by atoms with van der Waals surface area (Å²) in [6.45, 7) is 8.62. The van der Waals surface area contributed by atoms with Gasteiger partial charge in [-0.3, -0.25) is 4.79 Å². The number of benzene rings is 3. The molecular formula is C32H33Cl2N5O3S. The summed E-state index contributed by atoms with van der Waals surface area (Å²) < 4.78 is 13.9. The van der Waals surface area contributed by atoms with Gasteiger partial charge in [-0.15, -0.1) is 5.10 Å². The van der Waals surface area contributed by atoms with Gasteiger partial charge < -0.3 is 20.1 Å². The Balaban J connectivity index is 1.51. The second-order valence-corrected chi connectivity index (χ2v) is 12.0. The van der Waals surface area contributed by atoms with Crippen molar-refractivity contribution in [3.63, 3.8) is 0 Å². The summed E-state index contributed by atoms with van der Waals surface area (Å²) in [4.78, 5) is 18.6. The fourth-order valence-corrected chi connectivity index (χ4v) is 5.70. The van der Waals surface area contributed by atoms with E-state index in [0.29, 0.717) is 56.2 Å². The number of aromatic nitrogens is 3. The first-order chi connectivity index (χ1) is 20.8. The van der Waals surface area contributed by atoms with E-state index in [9.17, 15) is 4.79 Å². The monoisotopic (exact) mass is 637 g/mol. The Bertz CT molecular complexity index is 1660. The van der Waals surface area contributed by atoms with Crippen LogP contribution in [0.1, 0.15) is 49.9 Å². The smallest absolute Gasteiger partial charge is 0.255 e. The number of allylic oxidation sites excluding steroid dienone is 1. The van der Waals surface area contributed by atoms with Gasteiger partial charge in [-0.2, -0.15) is 4.98 Å². The Labute approximate surface area is 265 Å². The van der Waals surface area contributed by atoms with Crippen LogP contribution in [0.15, 0.2) is 77.1 Å². The second-order valence-electron chi connectivity index (χ2n) is 10.1. The number of hydrogen-bond acceptors (Lipinski definition) is 7. The van der Waals surface area contributed by atoms with Gasteiger partial charge in [-0.05, 0) is 74.7 Å². The molecule has 0 bridgehead atoms. The summed E-state index contributed by atoms with van der Waals surface area (Å²) in [5.41, 5.74) is 4.71. The lowest BCUT2D eigenvalue weighted by molar-refractivity contribution is -0.113. The highest BCUT2D eigenvalue weighted by atomic mass is 35.5. The molecule has 2 heterocycles. The molecule has 43 heavy (non-hydrogen) atoms. The minimum absolute atomic E-state index is 0.235. The van der Waals surface area contributed by atoms with E-state index >= 15 is 0 Å². The van der Waals surface area contributed by atoms with Crippen molar-refractivity contribution in [2.24, 2.45) is 0 Å². The standard InChI is InChI=1S/C32H33Cl2N5O3S/c1-5-15-43-32-37-31-35-20(4)28(30(40)36-23-11-7-19(3)8-12-23)29(39(31)38-32)22-10-14-26(27(17-22)41-6-2)42-18-21-9-13-24(33)25(34)16-21/h7-14,16-17,29H,5-6,15,18H2,1-4H3,(H,36,40)(H,35,37,38). The molecule has 224 valence electrons. The second kappa shape index (κ2) is 13.8. The predicted octanol–water partition coefficient (Wildman–Crippen LogP) is 8.30. The molecule has 1 amide bonds. The number of anilines is 2. The molecule has 0 saturated carbocycles. The number of amides is 1. The first kappa shape index (κ1) is 30.8. The molecule has 2 N–H and O–H groups in total. The molecule has 0 radical (unpaired) electrons. The lowest BCUT2D eigenvalue weighted by atomic mass is 9.94. The van der Waals surface area contributed by atoms with E-state index in [0.717, 1.165) is 28.9 Å². The highest BCUT2D eigenvalue weighted by molar-refractivity contribution is 7.99. The Kier molecular flexibility index (Phi) is 9.85. The molecule has 8 nitrogen and oxygen atoms in total. The highest BCUT2D eigenvalue weighted by Crippen LogP contribution is 2.40. The van der Waals surface area contributed by atoms with Gasteiger partial charge in [0, 0.05) is 17.1 Å². The number of aryl methyl sites for hydroxylation is 1. The maximum absolute atomic E-state index is 13.9. The largest absolute Gasteiger partial charge is 0.490 e. The van der Waals surface area contributed by atoms with Crippen molar-refractivity contribution >= 4 is 52.5 Å². The van der Waals surface area contributed by atoms with Gasteiger partial charge in [-0.25, -0.2) is 4.68 Å². The molecular weight excluding hydrogens is 605 g/mol. The summed E-state index contributed by atoms with van der Waals surface area (Å²) in [5, 5.41) is 12.8. The van der Waals surface area contributed by atoms with Gasteiger partial charge in [0.2, 0.25) is 11.1 Å². The average Bonchev–Trinajstić information content (AvgIpc) is 3.40. The van der Waals surface area contributed by atoms with Crippen LogP contribution in [0.3, 0.4) is 0 Å². The quantitative estimate of drug-likeness (QED) is 0.160. The van der Waals surface area contributed by atoms with Gasteiger partial charge in [0.15, 0.2) is 11.5 Å². The van der Waals surface area contributed by atoms with Crippen molar-refractivity contribution in [1.82, 2.24) is 14.8 Å². The molecule has 1 unspecified atom stereocenters. The summed E-state index contributed by atoms with van der Waals surface area (Å²) in [6.07, 6.45) is 0.994. The summed E-state index contributed by atoms with van der Waals surface area (Å²) in [6, 6.07) is 18.2. The van der Waals surface area contributed by atoms with Crippen LogP contribution in [0.25, 0.3) is 0 Å². The molecule has 1 aromatic heterocycles. The molecule has 1 aliphatic rings. The van der Waals surface area contributed by atoms with E-state index in [4.69, 9.17) is 42.8 Å². The normalized spacial score (nSPS) is 14.2.